The van der Waals surface area contributed by atoms with Crippen LogP contribution in [-0.4, -0.2) is 47.8 Å². The van der Waals surface area contributed by atoms with E-state index in [0.717, 1.165) is 5.56 Å². The molecule has 0 radical (unpaired) electrons. The van der Waals surface area contributed by atoms with E-state index in [-0.39, 0.29) is 12.5 Å². The normalized spacial score (nSPS) is 10.7. The molecule has 0 fully saturated rings. The van der Waals surface area contributed by atoms with Gasteiger partial charge in [0, 0.05) is 0 Å². The molecule has 0 saturated heterocycles. The van der Waals surface area contributed by atoms with Crippen molar-refractivity contribution in [3.63, 3.8) is 0 Å². The fourth-order valence-electron chi connectivity index (χ4n) is 2.41. The minimum Gasteiger partial charge on any atom is -0.495 e. The van der Waals surface area contributed by atoms with E-state index in [2.05, 4.69) is 20.6 Å². The first-order chi connectivity index (χ1) is 14.1. The first-order valence-corrected chi connectivity index (χ1v) is 8.91. The number of amides is 1. The molecule has 10 heteroatoms. The maximum absolute atomic E-state index is 12.2. The number of aromatic amines is 1. The summed E-state index contributed by atoms with van der Waals surface area (Å²) in [4.78, 5) is 12.2. The summed E-state index contributed by atoms with van der Waals surface area (Å²) in [6.07, 6.45) is 3.07. The van der Waals surface area contributed by atoms with Gasteiger partial charge in [0.05, 0.1) is 26.1 Å². The third-order valence-electron chi connectivity index (χ3n) is 3.79. The van der Waals surface area contributed by atoms with Crippen LogP contribution in [0.5, 0.6) is 17.2 Å². The average Bonchev–Trinajstić information content (AvgIpc) is 3.16. The Morgan fingerprint density at radius 2 is 2.00 bits per heavy atom. The summed E-state index contributed by atoms with van der Waals surface area (Å²) in [7, 11) is 3.06. The largest absolute Gasteiger partial charge is 0.495 e. The zero-order valence-corrected chi connectivity index (χ0v) is 16.6. The lowest BCUT2D eigenvalue weighted by Gasteiger charge is -2.12. The molecule has 0 atom stereocenters. The average molecular weight is 413 g/mol. The van der Waals surface area contributed by atoms with Crippen LogP contribution in [0.4, 0.5) is 5.69 Å². The Morgan fingerprint density at radius 1 is 1.21 bits per heavy atom. The second-order valence-corrected chi connectivity index (χ2v) is 6.08. The number of methoxy groups -OCH3 is 2. The molecule has 0 aliphatic heterocycles. The topological polar surface area (TPSA) is 103 Å². The molecular formula is C19H19N5O4S. The Morgan fingerprint density at radius 3 is 2.72 bits per heavy atom. The minimum atomic E-state index is -0.323. The van der Waals surface area contributed by atoms with Gasteiger partial charge in [0.1, 0.15) is 12.1 Å². The van der Waals surface area contributed by atoms with E-state index in [1.807, 2.05) is 6.07 Å². The van der Waals surface area contributed by atoms with Gasteiger partial charge in [0.25, 0.3) is 5.91 Å². The number of carbonyl (C=O) groups is 1. The zero-order chi connectivity index (χ0) is 20.6. The third-order valence-corrected chi connectivity index (χ3v) is 4.07. The highest BCUT2D eigenvalue weighted by molar-refractivity contribution is 7.71. The second-order valence-electron chi connectivity index (χ2n) is 5.70. The molecule has 0 aliphatic carbocycles. The highest BCUT2D eigenvalue weighted by atomic mass is 32.1. The lowest BCUT2D eigenvalue weighted by Crippen LogP contribution is -2.20. The fraction of sp³-hybridized carbons (Fsp3) is 0.158. The highest BCUT2D eigenvalue weighted by Crippen LogP contribution is 2.28. The molecule has 29 heavy (non-hydrogen) atoms. The summed E-state index contributed by atoms with van der Waals surface area (Å²) >= 11 is 5.03. The molecule has 1 aromatic heterocycles. The van der Waals surface area contributed by atoms with E-state index in [1.54, 1.807) is 42.6 Å². The van der Waals surface area contributed by atoms with Crippen LogP contribution < -0.4 is 19.5 Å². The van der Waals surface area contributed by atoms with Crippen molar-refractivity contribution in [2.24, 2.45) is 5.10 Å². The molecule has 1 heterocycles. The molecule has 2 N–H and O–H groups in total. The van der Waals surface area contributed by atoms with Crippen LogP contribution >= 0.6 is 12.2 Å². The number of anilines is 1. The number of rotatable bonds is 8. The van der Waals surface area contributed by atoms with Gasteiger partial charge in [-0.2, -0.15) is 14.9 Å². The number of benzene rings is 2. The van der Waals surface area contributed by atoms with Crippen LogP contribution in [-0.2, 0) is 4.79 Å². The molecule has 0 aliphatic rings. The van der Waals surface area contributed by atoms with Crippen LogP contribution in [0.2, 0.25) is 0 Å². The predicted molar refractivity (Wildman–Crippen MR) is 111 cm³/mol. The lowest BCUT2D eigenvalue weighted by molar-refractivity contribution is -0.118. The summed E-state index contributed by atoms with van der Waals surface area (Å²) in [6, 6.07) is 12.4. The molecule has 0 unspecified atom stereocenters. The number of hydrogen-bond donors (Lipinski definition) is 2. The van der Waals surface area contributed by atoms with Crippen LogP contribution in [0, 0.1) is 4.77 Å². The van der Waals surface area contributed by atoms with Gasteiger partial charge in [-0.1, -0.05) is 12.1 Å². The van der Waals surface area contributed by atoms with Gasteiger partial charge in [0.15, 0.2) is 18.1 Å². The SMILES string of the molecule is COc1ccccc1NC(=O)COc1ccc(/C=N/n2cn[nH]c2=S)cc1OC. The molecule has 1 amide bonds. The van der Waals surface area contributed by atoms with Gasteiger partial charge in [-0.3, -0.25) is 9.89 Å². The molecule has 0 bridgehead atoms. The van der Waals surface area contributed by atoms with Gasteiger partial charge < -0.3 is 19.5 Å². The van der Waals surface area contributed by atoms with E-state index < -0.39 is 0 Å². The zero-order valence-electron chi connectivity index (χ0n) is 15.8. The number of ether oxygens (including phenoxy) is 3. The Hall–Kier alpha value is -3.66. The number of aromatic nitrogens is 3. The Kier molecular flexibility index (Phi) is 6.59. The Labute approximate surface area is 171 Å². The number of nitrogens with one attached hydrogen (secondary N) is 2. The van der Waals surface area contributed by atoms with E-state index in [4.69, 9.17) is 26.4 Å². The first-order valence-electron chi connectivity index (χ1n) is 8.51. The van der Waals surface area contributed by atoms with Gasteiger partial charge in [0.2, 0.25) is 4.77 Å². The Balaban J connectivity index is 1.64. The van der Waals surface area contributed by atoms with E-state index in [1.165, 1.54) is 25.2 Å². The molecule has 0 saturated carbocycles. The van der Waals surface area contributed by atoms with Crippen molar-refractivity contribution in [1.82, 2.24) is 14.9 Å². The van der Waals surface area contributed by atoms with Gasteiger partial charge in [-0.25, -0.2) is 0 Å². The van der Waals surface area contributed by atoms with E-state index in [9.17, 15) is 4.79 Å². The van der Waals surface area contributed by atoms with Crippen LogP contribution in [0.1, 0.15) is 5.56 Å². The van der Waals surface area contributed by atoms with Crippen molar-refractivity contribution in [2.75, 3.05) is 26.1 Å². The van der Waals surface area contributed by atoms with E-state index in [0.29, 0.717) is 27.7 Å². The molecule has 9 nitrogen and oxygen atoms in total. The van der Waals surface area contributed by atoms with Gasteiger partial charge in [-0.05, 0) is 48.1 Å². The smallest absolute Gasteiger partial charge is 0.262 e. The van der Waals surface area contributed by atoms with Crippen LogP contribution in [0.3, 0.4) is 0 Å². The van der Waals surface area contributed by atoms with Crippen molar-refractivity contribution in [3.8, 4) is 17.2 Å². The molecule has 150 valence electrons. The maximum Gasteiger partial charge on any atom is 0.262 e. The molecule has 2 aromatic carbocycles. The maximum atomic E-state index is 12.2. The second kappa shape index (κ2) is 9.51. The van der Waals surface area contributed by atoms with E-state index >= 15 is 0 Å². The van der Waals surface area contributed by atoms with Crippen molar-refractivity contribution in [1.29, 1.82) is 0 Å². The van der Waals surface area contributed by atoms with Crippen molar-refractivity contribution >= 4 is 30.0 Å². The predicted octanol–water partition coefficient (Wildman–Crippen LogP) is 2.86. The fourth-order valence-corrected chi connectivity index (χ4v) is 2.56. The number of para-hydroxylation sites is 2. The van der Waals surface area contributed by atoms with Gasteiger partial charge >= 0.3 is 0 Å². The lowest BCUT2D eigenvalue weighted by atomic mass is 10.2. The molecule has 3 aromatic rings. The Bertz CT molecular complexity index is 1080. The number of hydrogen-bond acceptors (Lipinski definition) is 7. The number of H-pyrrole nitrogens is 1. The summed E-state index contributed by atoms with van der Waals surface area (Å²) in [5.74, 6) is 1.14. The number of nitrogens with zero attached hydrogens (tertiary/aromatic N) is 3. The first kappa shape index (κ1) is 20.1. The molecule has 0 spiro atoms. The molecular weight excluding hydrogens is 394 g/mol. The molecule has 3 rings (SSSR count). The summed E-state index contributed by atoms with van der Waals surface area (Å²) in [5, 5.41) is 13.4. The standard InChI is InChI=1S/C19H19N5O4S/c1-26-15-6-4-3-5-14(15)22-18(25)11-28-16-8-7-13(9-17(16)27-2)10-21-24-12-20-23-19(24)29/h3-10,12H,11H2,1-2H3,(H,22,25)(H,23,29)/b21-10+. The van der Waals surface area contributed by atoms with Crippen LogP contribution in [0.25, 0.3) is 0 Å². The number of carbonyl (C=O) groups excluding carboxylic acids is 1. The quantitative estimate of drug-likeness (QED) is 0.435. The van der Waals surface area contributed by atoms with Crippen molar-refractivity contribution < 1.29 is 19.0 Å². The van der Waals surface area contributed by atoms with Crippen molar-refractivity contribution in [2.45, 2.75) is 0 Å². The van der Waals surface area contributed by atoms with Crippen LogP contribution in [0.15, 0.2) is 53.9 Å². The monoisotopic (exact) mass is 413 g/mol. The minimum absolute atomic E-state index is 0.188. The van der Waals surface area contributed by atoms with Crippen molar-refractivity contribution in [3.05, 3.63) is 59.1 Å². The van der Waals surface area contributed by atoms with Gasteiger partial charge in [-0.15, -0.1) is 0 Å². The summed E-state index contributed by atoms with van der Waals surface area (Å²) in [5.41, 5.74) is 1.33. The highest BCUT2D eigenvalue weighted by Gasteiger charge is 2.10. The third kappa shape index (κ3) is 5.20. The summed E-state index contributed by atoms with van der Waals surface area (Å²) in [6.45, 7) is -0.188. The summed E-state index contributed by atoms with van der Waals surface area (Å²) < 4.78 is 18.0.